The highest BCUT2D eigenvalue weighted by atomic mass is 16.5. The molecule has 2 heterocycles. The summed E-state index contributed by atoms with van der Waals surface area (Å²) in [4.78, 5) is 41.1. The van der Waals surface area contributed by atoms with Gasteiger partial charge in [0.1, 0.15) is 17.8 Å². The third kappa shape index (κ3) is 4.06. The highest BCUT2D eigenvalue weighted by Crippen LogP contribution is 2.41. The molecule has 0 bridgehead atoms. The van der Waals surface area contributed by atoms with Crippen LogP contribution >= 0.6 is 0 Å². The highest BCUT2D eigenvalue weighted by molar-refractivity contribution is 6.44. The van der Waals surface area contributed by atoms with E-state index in [1.807, 2.05) is 6.92 Å². The molecule has 33 heavy (non-hydrogen) atoms. The van der Waals surface area contributed by atoms with Crippen molar-refractivity contribution in [3.8, 4) is 17.2 Å². The van der Waals surface area contributed by atoms with E-state index in [1.54, 1.807) is 36.4 Å². The number of amides is 1. The lowest BCUT2D eigenvalue weighted by molar-refractivity contribution is -0.141. The second-order valence-corrected chi connectivity index (χ2v) is 8.21. The normalized spacial score (nSPS) is 21.7. The van der Waals surface area contributed by atoms with Gasteiger partial charge in [0.15, 0.2) is 17.3 Å². The number of methoxy groups -OCH3 is 3. The average molecular weight is 453 g/mol. The van der Waals surface area contributed by atoms with Gasteiger partial charge in [-0.2, -0.15) is 0 Å². The van der Waals surface area contributed by atoms with Crippen LogP contribution < -0.4 is 14.2 Å². The smallest absolute Gasteiger partial charge is 0.291 e. The maximum absolute atomic E-state index is 13.6. The molecule has 2 aromatic rings. The van der Waals surface area contributed by atoms with Gasteiger partial charge >= 0.3 is 0 Å². The topological polar surface area (TPSA) is 91.4 Å². The van der Waals surface area contributed by atoms with Crippen LogP contribution in [0.4, 0.5) is 0 Å². The molecule has 0 aromatic heterocycles. The fourth-order valence-electron chi connectivity index (χ4n) is 4.58. The van der Waals surface area contributed by atoms with Crippen molar-refractivity contribution >= 4 is 17.5 Å². The Hall–Kier alpha value is -3.39. The molecular weight excluding hydrogens is 426 g/mol. The van der Waals surface area contributed by atoms with Gasteiger partial charge in [-0.15, -0.1) is 0 Å². The van der Waals surface area contributed by atoms with E-state index in [1.165, 1.54) is 26.2 Å². The third-order valence-electron chi connectivity index (χ3n) is 6.15. The van der Waals surface area contributed by atoms with Crippen LogP contribution in [0.2, 0.25) is 0 Å². The first kappa shape index (κ1) is 22.8. The minimum atomic E-state index is -1.18. The van der Waals surface area contributed by atoms with Gasteiger partial charge in [0.2, 0.25) is 5.78 Å². The molecule has 0 N–H and O–H groups in total. The SMILES string of the molecule is COCCN1C(=O)C(=O)C(C(=O)c2ccc3c(c2)CC(C)O3)C1c1ccc(OC)c(OC)c1. The zero-order valence-electron chi connectivity index (χ0n) is 19.1. The molecule has 0 saturated carbocycles. The molecule has 2 aliphatic heterocycles. The Labute approximate surface area is 192 Å². The number of fused-ring (bicyclic) bond motifs is 1. The average Bonchev–Trinajstić information content (AvgIpc) is 3.32. The number of carbonyl (C=O) groups is 3. The molecule has 4 rings (SSSR count). The molecule has 1 amide bonds. The number of benzene rings is 2. The van der Waals surface area contributed by atoms with Gasteiger partial charge in [-0.25, -0.2) is 0 Å². The molecule has 3 atom stereocenters. The van der Waals surface area contributed by atoms with Crippen LogP contribution in [0.25, 0.3) is 0 Å². The minimum absolute atomic E-state index is 0.0316. The Morgan fingerprint density at radius 3 is 2.52 bits per heavy atom. The Bertz CT molecular complexity index is 1100. The highest BCUT2D eigenvalue weighted by Gasteiger charge is 2.51. The summed E-state index contributed by atoms with van der Waals surface area (Å²) in [6.07, 6.45) is 0.719. The van der Waals surface area contributed by atoms with Crippen LogP contribution in [0.15, 0.2) is 36.4 Å². The summed E-state index contributed by atoms with van der Waals surface area (Å²) < 4.78 is 21.6. The Morgan fingerprint density at radius 1 is 1.06 bits per heavy atom. The molecule has 174 valence electrons. The minimum Gasteiger partial charge on any atom is -0.493 e. The summed E-state index contributed by atoms with van der Waals surface area (Å²) in [5.74, 6) is -1.28. The summed E-state index contributed by atoms with van der Waals surface area (Å²) in [5.41, 5.74) is 1.92. The van der Waals surface area contributed by atoms with Crippen LogP contribution in [0.3, 0.4) is 0 Å². The van der Waals surface area contributed by atoms with Gasteiger partial charge in [-0.05, 0) is 48.4 Å². The summed E-state index contributed by atoms with van der Waals surface area (Å²) in [7, 11) is 4.55. The van der Waals surface area contributed by atoms with E-state index < -0.39 is 29.4 Å². The van der Waals surface area contributed by atoms with E-state index in [0.717, 1.165) is 11.3 Å². The fourth-order valence-corrected chi connectivity index (χ4v) is 4.58. The van der Waals surface area contributed by atoms with Crippen molar-refractivity contribution in [2.45, 2.75) is 25.5 Å². The summed E-state index contributed by atoms with van der Waals surface area (Å²) in [6, 6.07) is 9.54. The molecule has 1 saturated heterocycles. The summed E-state index contributed by atoms with van der Waals surface area (Å²) in [5, 5.41) is 0. The second kappa shape index (κ2) is 9.23. The molecule has 2 aromatic carbocycles. The lowest BCUT2D eigenvalue weighted by Gasteiger charge is -2.27. The van der Waals surface area contributed by atoms with Crippen molar-refractivity contribution in [1.29, 1.82) is 0 Å². The van der Waals surface area contributed by atoms with Gasteiger partial charge in [0, 0.05) is 25.6 Å². The van der Waals surface area contributed by atoms with Crippen molar-refractivity contribution < 1.29 is 33.3 Å². The Balaban J connectivity index is 1.76. The number of nitrogens with zero attached hydrogens (tertiary/aromatic N) is 1. The van der Waals surface area contributed by atoms with E-state index in [2.05, 4.69) is 0 Å². The van der Waals surface area contributed by atoms with E-state index >= 15 is 0 Å². The maximum Gasteiger partial charge on any atom is 0.291 e. The van der Waals surface area contributed by atoms with Crippen molar-refractivity contribution in [2.24, 2.45) is 5.92 Å². The molecule has 8 nitrogen and oxygen atoms in total. The van der Waals surface area contributed by atoms with E-state index in [-0.39, 0.29) is 19.3 Å². The first-order chi connectivity index (χ1) is 15.9. The fraction of sp³-hybridized carbons (Fsp3) is 0.400. The van der Waals surface area contributed by atoms with Gasteiger partial charge in [0.25, 0.3) is 5.91 Å². The Morgan fingerprint density at radius 2 is 1.82 bits per heavy atom. The number of hydrogen-bond donors (Lipinski definition) is 0. The maximum atomic E-state index is 13.6. The van der Waals surface area contributed by atoms with Gasteiger partial charge in [0.05, 0.1) is 26.9 Å². The number of likely N-dealkylation sites (tertiary alicyclic amines) is 1. The van der Waals surface area contributed by atoms with E-state index in [0.29, 0.717) is 29.0 Å². The number of carbonyl (C=O) groups excluding carboxylic acids is 3. The van der Waals surface area contributed by atoms with Crippen LogP contribution in [0, 0.1) is 5.92 Å². The predicted molar refractivity (Wildman–Crippen MR) is 119 cm³/mol. The van der Waals surface area contributed by atoms with Crippen molar-refractivity contribution in [2.75, 3.05) is 34.5 Å². The summed E-state index contributed by atoms with van der Waals surface area (Å²) >= 11 is 0. The monoisotopic (exact) mass is 453 g/mol. The van der Waals surface area contributed by atoms with Crippen molar-refractivity contribution in [3.05, 3.63) is 53.1 Å². The summed E-state index contributed by atoms with van der Waals surface area (Å²) in [6.45, 7) is 2.37. The molecule has 0 radical (unpaired) electrons. The molecule has 8 heteroatoms. The van der Waals surface area contributed by atoms with Crippen molar-refractivity contribution in [3.63, 3.8) is 0 Å². The first-order valence-corrected chi connectivity index (χ1v) is 10.8. The molecule has 2 aliphatic rings. The number of Topliss-reactive ketones (excluding diaryl/α,β-unsaturated/α-hetero) is 2. The van der Waals surface area contributed by atoms with Gasteiger partial charge in [-0.3, -0.25) is 14.4 Å². The quantitative estimate of drug-likeness (QED) is 0.345. The molecule has 0 spiro atoms. The lowest BCUT2D eigenvalue weighted by atomic mass is 9.85. The largest absolute Gasteiger partial charge is 0.493 e. The Kier molecular flexibility index (Phi) is 6.37. The number of ketones is 2. The molecule has 1 fully saturated rings. The lowest BCUT2D eigenvalue weighted by Crippen LogP contribution is -2.33. The number of ether oxygens (including phenoxy) is 4. The van der Waals surface area contributed by atoms with Gasteiger partial charge in [-0.1, -0.05) is 6.07 Å². The zero-order valence-corrected chi connectivity index (χ0v) is 19.1. The zero-order chi connectivity index (χ0) is 23.7. The predicted octanol–water partition coefficient (Wildman–Crippen LogP) is 2.63. The van der Waals surface area contributed by atoms with Crippen LogP contribution in [-0.4, -0.2) is 63.0 Å². The molecule has 3 unspecified atom stereocenters. The molecular formula is C25H27NO7. The number of rotatable bonds is 8. The second-order valence-electron chi connectivity index (χ2n) is 8.21. The standard InChI is InChI=1S/C25H27NO7/c1-14-11-17-12-16(6-7-18(17)33-14)23(27)21-22(26(9-10-30-2)25(29)24(21)28)15-5-8-19(31-3)20(13-15)32-4/h5-8,12-14,21-22H,9-11H2,1-4H3. The number of hydrogen-bond acceptors (Lipinski definition) is 7. The van der Waals surface area contributed by atoms with Crippen LogP contribution in [0.1, 0.15) is 34.5 Å². The van der Waals surface area contributed by atoms with E-state index in [4.69, 9.17) is 18.9 Å². The third-order valence-corrected chi connectivity index (χ3v) is 6.15. The van der Waals surface area contributed by atoms with Gasteiger partial charge < -0.3 is 23.8 Å². The van der Waals surface area contributed by atoms with Crippen molar-refractivity contribution in [1.82, 2.24) is 4.90 Å². The van der Waals surface area contributed by atoms with Crippen LogP contribution in [-0.2, 0) is 20.7 Å². The van der Waals surface area contributed by atoms with E-state index in [9.17, 15) is 14.4 Å². The van der Waals surface area contributed by atoms with Crippen LogP contribution in [0.5, 0.6) is 17.2 Å². The molecule has 0 aliphatic carbocycles. The first-order valence-electron chi connectivity index (χ1n) is 10.8.